The van der Waals surface area contributed by atoms with Crippen LogP contribution in [-0.2, 0) is 19.1 Å². The fourth-order valence-corrected chi connectivity index (χ4v) is 1.85. The van der Waals surface area contributed by atoms with Gasteiger partial charge in [0.2, 0.25) is 0 Å². The van der Waals surface area contributed by atoms with Gasteiger partial charge >= 0.3 is 11.9 Å². The van der Waals surface area contributed by atoms with E-state index in [1.807, 2.05) is 0 Å². The van der Waals surface area contributed by atoms with Crippen molar-refractivity contribution in [2.75, 3.05) is 13.7 Å². The Bertz CT molecular complexity index is 489. The molecule has 0 aliphatic carbocycles. The van der Waals surface area contributed by atoms with E-state index in [0.717, 1.165) is 0 Å². The number of carbonyl (C=O) groups excluding carboxylic acids is 3. The molecule has 1 rings (SSSR count). The van der Waals surface area contributed by atoms with Crippen molar-refractivity contribution in [2.45, 2.75) is 26.2 Å². The fourth-order valence-electron chi connectivity index (χ4n) is 1.85. The Morgan fingerprint density at radius 3 is 2.20 bits per heavy atom. The Hall–Kier alpha value is -2.17. The van der Waals surface area contributed by atoms with Gasteiger partial charge in [-0.05, 0) is 31.5 Å². The molecule has 0 amide bonds. The Kier molecular flexibility index (Phi) is 5.90. The zero-order chi connectivity index (χ0) is 15.1. The number of hydrogen-bond donors (Lipinski definition) is 0. The number of esters is 2. The lowest BCUT2D eigenvalue weighted by molar-refractivity contribution is -0.144. The average Bonchev–Trinajstić information content (AvgIpc) is 2.44. The predicted octanol–water partition coefficient (Wildman–Crippen LogP) is 2.10. The number of Topliss-reactive ketones (excluding diaryl/α,β-unsaturated/α-hetero) is 1. The summed E-state index contributed by atoms with van der Waals surface area (Å²) in [6.45, 7) is 3.43. The van der Waals surface area contributed by atoms with E-state index in [4.69, 9.17) is 4.74 Å². The molecule has 0 heterocycles. The van der Waals surface area contributed by atoms with Crippen LogP contribution in [0.4, 0.5) is 0 Å². The molecule has 0 N–H and O–H groups in total. The van der Waals surface area contributed by atoms with Crippen LogP contribution >= 0.6 is 0 Å². The van der Waals surface area contributed by atoms with Gasteiger partial charge in [-0.25, -0.2) is 4.79 Å². The summed E-state index contributed by atoms with van der Waals surface area (Å²) in [6, 6.07) is 6.44. The number of ether oxygens (including phenoxy) is 2. The minimum absolute atomic E-state index is 0.000738. The zero-order valence-electron chi connectivity index (χ0n) is 11.8. The maximum Gasteiger partial charge on any atom is 0.337 e. The minimum atomic E-state index is -0.555. The highest BCUT2D eigenvalue weighted by atomic mass is 16.5. The molecule has 0 spiro atoms. The SMILES string of the molecule is CCOC(=O)CC(C(C)=O)c1ccc(C(=O)OC)cc1. The molecule has 1 atom stereocenters. The van der Waals surface area contributed by atoms with Crippen molar-refractivity contribution in [2.24, 2.45) is 0 Å². The lowest BCUT2D eigenvalue weighted by Crippen LogP contribution is -2.16. The topological polar surface area (TPSA) is 69.7 Å². The number of carbonyl (C=O) groups is 3. The number of benzene rings is 1. The van der Waals surface area contributed by atoms with Crippen LogP contribution in [0.3, 0.4) is 0 Å². The summed E-state index contributed by atoms with van der Waals surface area (Å²) in [5.74, 6) is -1.53. The van der Waals surface area contributed by atoms with Crippen LogP contribution in [0.1, 0.15) is 42.1 Å². The largest absolute Gasteiger partial charge is 0.466 e. The number of ketones is 1. The van der Waals surface area contributed by atoms with E-state index >= 15 is 0 Å². The summed E-state index contributed by atoms with van der Waals surface area (Å²) in [5.41, 5.74) is 1.08. The van der Waals surface area contributed by atoms with Gasteiger partial charge in [0.1, 0.15) is 5.78 Å². The second kappa shape index (κ2) is 7.43. The molecule has 0 aromatic heterocycles. The Morgan fingerprint density at radius 2 is 1.75 bits per heavy atom. The van der Waals surface area contributed by atoms with Gasteiger partial charge in [0, 0.05) is 0 Å². The molecule has 0 bridgehead atoms. The maximum atomic E-state index is 11.7. The number of rotatable bonds is 6. The molecule has 20 heavy (non-hydrogen) atoms. The first-order valence-electron chi connectivity index (χ1n) is 6.34. The highest BCUT2D eigenvalue weighted by molar-refractivity contribution is 5.90. The van der Waals surface area contributed by atoms with Crippen LogP contribution in [-0.4, -0.2) is 31.4 Å². The molecule has 0 saturated carbocycles. The van der Waals surface area contributed by atoms with Gasteiger partial charge in [0.15, 0.2) is 0 Å². The lowest BCUT2D eigenvalue weighted by atomic mass is 9.91. The summed E-state index contributed by atoms with van der Waals surface area (Å²) in [7, 11) is 1.30. The van der Waals surface area contributed by atoms with Gasteiger partial charge in [-0.1, -0.05) is 12.1 Å². The van der Waals surface area contributed by atoms with E-state index in [-0.39, 0.29) is 18.8 Å². The predicted molar refractivity (Wildman–Crippen MR) is 72.5 cm³/mol. The third-order valence-corrected chi connectivity index (χ3v) is 2.90. The highest BCUT2D eigenvalue weighted by Crippen LogP contribution is 2.22. The van der Waals surface area contributed by atoms with E-state index in [9.17, 15) is 14.4 Å². The lowest BCUT2D eigenvalue weighted by Gasteiger charge is -2.13. The smallest absolute Gasteiger partial charge is 0.337 e. The highest BCUT2D eigenvalue weighted by Gasteiger charge is 2.21. The van der Waals surface area contributed by atoms with Crippen molar-refractivity contribution in [1.82, 2.24) is 0 Å². The van der Waals surface area contributed by atoms with Crippen molar-refractivity contribution >= 4 is 17.7 Å². The molecular weight excluding hydrogens is 260 g/mol. The monoisotopic (exact) mass is 278 g/mol. The van der Waals surface area contributed by atoms with Gasteiger partial charge in [-0.3, -0.25) is 9.59 Å². The molecule has 0 fully saturated rings. The molecular formula is C15H18O5. The van der Waals surface area contributed by atoms with E-state index < -0.39 is 17.9 Å². The van der Waals surface area contributed by atoms with Gasteiger partial charge in [0.25, 0.3) is 0 Å². The van der Waals surface area contributed by atoms with Crippen molar-refractivity contribution in [3.05, 3.63) is 35.4 Å². The van der Waals surface area contributed by atoms with Crippen LogP contribution in [0, 0.1) is 0 Å². The summed E-state index contributed by atoms with van der Waals surface area (Å²) < 4.78 is 9.46. The first kappa shape index (κ1) is 15.9. The second-order valence-electron chi connectivity index (χ2n) is 4.29. The molecule has 0 aliphatic heterocycles. The standard InChI is InChI=1S/C15H18O5/c1-4-20-14(17)9-13(10(2)16)11-5-7-12(8-6-11)15(18)19-3/h5-8,13H,4,9H2,1-3H3. The van der Waals surface area contributed by atoms with Crippen LogP contribution < -0.4 is 0 Å². The minimum Gasteiger partial charge on any atom is -0.466 e. The average molecular weight is 278 g/mol. The van der Waals surface area contributed by atoms with Crippen LogP contribution in [0.25, 0.3) is 0 Å². The number of hydrogen-bond acceptors (Lipinski definition) is 5. The fraction of sp³-hybridized carbons (Fsp3) is 0.400. The molecule has 1 aromatic carbocycles. The van der Waals surface area contributed by atoms with Crippen molar-refractivity contribution in [3.63, 3.8) is 0 Å². The van der Waals surface area contributed by atoms with Gasteiger partial charge in [0.05, 0.1) is 31.6 Å². The van der Waals surface area contributed by atoms with Crippen molar-refractivity contribution in [3.8, 4) is 0 Å². The second-order valence-corrected chi connectivity index (χ2v) is 4.29. The van der Waals surface area contributed by atoms with Crippen LogP contribution in [0.2, 0.25) is 0 Å². The van der Waals surface area contributed by atoms with E-state index in [0.29, 0.717) is 11.1 Å². The van der Waals surface area contributed by atoms with Gasteiger partial charge in [-0.2, -0.15) is 0 Å². The van der Waals surface area contributed by atoms with Crippen LogP contribution in [0.15, 0.2) is 24.3 Å². The molecule has 1 unspecified atom stereocenters. The molecule has 5 heteroatoms. The Balaban J connectivity index is 2.90. The maximum absolute atomic E-state index is 11.7. The van der Waals surface area contributed by atoms with E-state index in [1.165, 1.54) is 14.0 Å². The third-order valence-electron chi connectivity index (χ3n) is 2.90. The first-order chi connectivity index (χ1) is 9.49. The molecule has 108 valence electrons. The summed E-state index contributed by atoms with van der Waals surface area (Å²) in [4.78, 5) is 34.5. The molecule has 0 saturated heterocycles. The van der Waals surface area contributed by atoms with Crippen LogP contribution in [0.5, 0.6) is 0 Å². The first-order valence-corrected chi connectivity index (χ1v) is 6.34. The molecule has 0 aliphatic rings. The molecule has 0 radical (unpaired) electrons. The summed E-state index contributed by atoms with van der Waals surface area (Å²) in [5, 5.41) is 0. The molecule has 1 aromatic rings. The van der Waals surface area contributed by atoms with E-state index in [2.05, 4.69) is 4.74 Å². The number of methoxy groups -OCH3 is 1. The van der Waals surface area contributed by atoms with E-state index in [1.54, 1.807) is 31.2 Å². The zero-order valence-corrected chi connectivity index (χ0v) is 11.8. The third kappa shape index (κ3) is 4.19. The normalized spacial score (nSPS) is 11.6. The molecule has 5 nitrogen and oxygen atoms in total. The summed E-state index contributed by atoms with van der Waals surface area (Å²) in [6.07, 6.45) is 0.000738. The van der Waals surface area contributed by atoms with Crippen molar-refractivity contribution in [1.29, 1.82) is 0 Å². The summed E-state index contributed by atoms with van der Waals surface area (Å²) >= 11 is 0. The van der Waals surface area contributed by atoms with Gasteiger partial charge < -0.3 is 9.47 Å². The Morgan fingerprint density at radius 1 is 1.15 bits per heavy atom. The van der Waals surface area contributed by atoms with Crippen molar-refractivity contribution < 1.29 is 23.9 Å². The quantitative estimate of drug-likeness (QED) is 0.745. The Labute approximate surface area is 117 Å². The van der Waals surface area contributed by atoms with Gasteiger partial charge in [-0.15, -0.1) is 0 Å².